The average Bonchev–Trinajstić information content (AvgIpc) is 2.94. The predicted molar refractivity (Wildman–Crippen MR) is 143 cm³/mol. The van der Waals surface area contributed by atoms with Crippen LogP contribution in [0.5, 0.6) is 11.5 Å². The first kappa shape index (κ1) is 29.0. The number of benzene rings is 3. The number of carbonyl (C=O) groups excluding carboxylic acids is 2. The molecule has 4 rings (SSSR count). The topological polar surface area (TPSA) is 125 Å². The summed E-state index contributed by atoms with van der Waals surface area (Å²) in [6.07, 6.45) is 2.33. The highest BCUT2D eigenvalue weighted by Gasteiger charge is 2.23. The third kappa shape index (κ3) is 7.54. The maximum absolute atomic E-state index is 13.9. The van der Waals surface area contributed by atoms with Crippen molar-refractivity contribution in [3.05, 3.63) is 83.9 Å². The van der Waals surface area contributed by atoms with Crippen LogP contribution in [0.1, 0.15) is 29.6 Å². The molecule has 12 heteroatoms. The first-order valence-corrected chi connectivity index (χ1v) is 14.2. The normalized spacial score (nSPS) is 14.0. The molecule has 1 heterocycles. The largest absolute Gasteiger partial charge is 0.455 e. The molecule has 3 aromatic carbocycles. The number of nitrogens with one attached hydrogen (secondary N) is 2. The Morgan fingerprint density at radius 3 is 2.25 bits per heavy atom. The van der Waals surface area contributed by atoms with E-state index in [4.69, 9.17) is 9.84 Å². The second-order valence-electron chi connectivity index (χ2n) is 9.35. The molecule has 1 saturated heterocycles. The van der Waals surface area contributed by atoms with Crippen molar-refractivity contribution < 1.29 is 36.6 Å². The molecule has 0 radical (unpaired) electrons. The van der Waals surface area contributed by atoms with Crippen LogP contribution in [-0.2, 0) is 14.8 Å². The number of aliphatic hydroxyl groups excluding tert-OH is 1. The number of nitrogens with zero attached hydrogens (tertiary/aromatic N) is 1. The first-order chi connectivity index (χ1) is 19.1. The summed E-state index contributed by atoms with van der Waals surface area (Å²) >= 11 is 0. The molecule has 1 aliphatic heterocycles. The van der Waals surface area contributed by atoms with E-state index in [-0.39, 0.29) is 46.7 Å². The number of anilines is 1. The van der Waals surface area contributed by atoms with Crippen LogP contribution in [0.25, 0.3) is 0 Å². The molecular formula is C28H29F2N3O6S. The van der Waals surface area contributed by atoms with Gasteiger partial charge in [-0.15, -0.1) is 0 Å². The van der Waals surface area contributed by atoms with Gasteiger partial charge in [0, 0.05) is 31.3 Å². The first-order valence-electron chi connectivity index (χ1n) is 12.7. The monoisotopic (exact) mass is 573 g/mol. The van der Waals surface area contributed by atoms with Gasteiger partial charge in [-0.25, -0.2) is 17.2 Å². The van der Waals surface area contributed by atoms with Crippen molar-refractivity contribution >= 4 is 27.5 Å². The lowest BCUT2D eigenvalue weighted by molar-refractivity contribution is -0.131. The van der Waals surface area contributed by atoms with Gasteiger partial charge in [-0.2, -0.15) is 0 Å². The fraction of sp³-hybridized carbons (Fsp3) is 0.286. The molecule has 0 aromatic heterocycles. The third-order valence-corrected chi connectivity index (χ3v) is 7.94. The van der Waals surface area contributed by atoms with Crippen molar-refractivity contribution in [2.75, 3.05) is 31.0 Å². The maximum Gasteiger partial charge on any atom is 0.262 e. The molecule has 212 valence electrons. The van der Waals surface area contributed by atoms with E-state index in [1.165, 1.54) is 54.6 Å². The minimum Gasteiger partial charge on any atom is -0.455 e. The Morgan fingerprint density at radius 1 is 0.950 bits per heavy atom. The van der Waals surface area contributed by atoms with Crippen molar-refractivity contribution in [1.29, 1.82) is 0 Å². The van der Waals surface area contributed by atoms with Crippen LogP contribution in [0.4, 0.5) is 14.5 Å². The molecule has 40 heavy (non-hydrogen) atoms. The molecule has 0 bridgehead atoms. The van der Waals surface area contributed by atoms with Gasteiger partial charge in [0.2, 0.25) is 5.91 Å². The maximum atomic E-state index is 13.9. The number of sulfonamides is 1. The Kier molecular flexibility index (Phi) is 9.33. The summed E-state index contributed by atoms with van der Waals surface area (Å²) in [4.78, 5) is 26.5. The standard InChI is InChI=1S/C28H29F2N3O6S/c29-21-3-6-23(7-4-21)39-26-10-5-22(30)17-25(26)32-40(37,38)24-8-1-20(2-9-24)28(36)31-18-27(35)33-14-11-19(12-15-33)13-16-34/h1-10,17,19,32,34H,11-16,18H2,(H,31,36). The summed E-state index contributed by atoms with van der Waals surface area (Å²) < 4.78 is 61.0. The summed E-state index contributed by atoms with van der Waals surface area (Å²) in [5.74, 6) is -1.34. The number of likely N-dealkylation sites (tertiary alicyclic amines) is 1. The Balaban J connectivity index is 1.37. The number of rotatable bonds is 10. The molecule has 9 nitrogen and oxygen atoms in total. The van der Waals surface area contributed by atoms with E-state index in [0.717, 1.165) is 25.0 Å². The Morgan fingerprint density at radius 2 is 1.60 bits per heavy atom. The van der Waals surface area contributed by atoms with E-state index in [1.54, 1.807) is 4.90 Å². The number of carbonyl (C=O) groups is 2. The van der Waals surface area contributed by atoms with E-state index in [9.17, 15) is 26.8 Å². The van der Waals surface area contributed by atoms with Crippen LogP contribution in [-0.4, -0.2) is 56.5 Å². The van der Waals surface area contributed by atoms with Gasteiger partial charge in [0.1, 0.15) is 17.4 Å². The third-order valence-electron chi connectivity index (χ3n) is 6.56. The van der Waals surface area contributed by atoms with Crippen molar-refractivity contribution in [2.45, 2.75) is 24.2 Å². The fourth-order valence-electron chi connectivity index (χ4n) is 4.31. The summed E-state index contributed by atoms with van der Waals surface area (Å²) in [7, 11) is -4.21. The minimum atomic E-state index is -4.21. The highest BCUT2D eigenvalue weighted by molar-refractivity contribution is 7.92. The van der Waals surface area contributed by atoms with Crippen LogP contribution >= 0.6 is 0 Å². The molecule has 3 aromatic rings. The van der Waals surface area contributed by atoms with E-state index in [2.05, 4.69) is 10.0 Å². The fourth-order valence-corrected chi connectivity index (χ4v) is 5.37. The zero-order chi connectivity index (χ0) is 28.7. The van der Waals surface area contributed by atoms with Gasteiger partial charge in [-0.1, -0.05) is 0 Å². The van der Waals surface area contributed by atoms with Crippen LogP contribution in [0.3, 0.4) is 0 Å². The van der Waals surface area contributed by atoms with Crippen molar-refractivity contribution in [1.82, 2.24) is 10.2 Å². The van der Waals surface area contributed by atoms with Crippen molar-refractivity contribution in [2.24, 2.45) is 5.92 Å². The Bertz CT molecular complexity index is 1440. The van der Waals surface area contributed by atoms with Crippen molar-refractivity contribution in [3.8, 4) is 11.5 Å². The number of aliphatic hydroxyl groups is 1. The van der Waals surface area contributed by atoms with Gasteiger partial charge in [-0.05, 0) is 85.8 Å². The van der Waals surface area contributed by atoms with Crippen LogP contribution < -0.4 is 14.8 Å². The zero-order valence-corrected chi connectivity index (χ0v) is 22.3. The zero-order valence-electron chi connectivity index (χ0n) is 21.5. The van der Waals surface area contributed by atoms with Crippen LogP contribution in [0.15, 0.2) is 71.6 Å². The van der Waals surface area contributed by atoms with Gasteiger partial charge in [0.05, 0.1) is 17.1 Å². The van der Waals surface area contributed by atoms with Crippen LogP contribution in [0, 0.1) is 17.6 Å². The Labute approximate surface area is 230 Å². The van der Waals surface area contributed by atoms with Gasteiger partial charge >= 0.3 is 0 Å². The molecule has 1 fully saturated rings. The minimum absolute atomic E-state index is 0.00475. The summed E-state index contributed by atoms with van der Waals surface area (Å²) in [5.41, 5.74) is -0.0236. The SMILES string of the molecule is O=C(NCC(=O)N1CCC(CCO)CC1)c1ccc(S(=O)(=O)Nc2cc(F)ccc2Oc2ccc(F)cc2)cc1. The average molecular weight is 574 g/mol. The van der Waals surface area contributed by atoms with E-state index < -0.39 is 27.6 Å². The summed E-state index contributed by atoms with van der Waals surface area (Å²) in [6, 6.07) is 13.3. The number of piperidine rings is 1. The molecular weight excluding hydrogens is 544 g/mol. The van der Waals surface area contributed by atoms with Gasteiger partial charge < -0.3 is 20.1 Å². The molecule has 0 aliphatic carbocycles. The number of ether oxygens (including phenoxy) is 1. The highest BCUT2D eigenvalue weighted by Crippen LogP contribution is 2.32. The number of amides is 2. The molecule has 2 amide bonds. The lowest BCUT2D eigenvalue weighted by Crippen LogP contribution is -2.44. The number of hydrogen-bond acceptors (Lipinski definition) is 6. The lowest BCUT2D eigenvalue weighted by atomic mass is 9.94. The number of halogens is 2. The van der Waals surface area contributed by atoms with Crippen LogP contribution in [0.2, 0.25) is 0 Å². The molecule has 0 spiro atoms. The van der Waals surface area contributed by atoms with E-state index >= 15 is 0 Å². The summed E-state index contributed by atoms with van der Waals surface area (Å²) in [5, 5.41) is 11.6. The van der Waals surface area contributed by atoms with Crippen molar-refractivity contribution in [3.63, 3.8) is 0 Å². The second-order valence-corrected chi connectivity index (χ2v) is 11.0. The summed E-state index contributed by atoms with van der Waals surface area (Å²) in [6.45, 7) is 1.08. The molecule has 1 aliphatic rings. The molecule has 0 saturated carbocycles. The number of hydrogen-bond donors (Lipinski definition) is 3. The molecule has 0 unspecified atom stereocenters. The predicted octanol–water partition coefficient (Wildman–Crippen LogP) is 3.91. The van der Waals surface area contributed by atoms with Gasteiger partial charge in [-0.3, -0.25) is 14.3 Å². The van der Waals surface area contributed by atoms with E-state index in [1.807, 2.05) is 0 Å². The molecule has 0 atom stereocenters. The smallest absolute Gasteiger partial charge is 0.262 e. The lowest BCUT2D eigenvalue weighted by Gasteiger charge is -2.31. The van der Waals surface area contributed by atoms with E-state index in [0.29, 0.717) is 25.4 Å². The van der Waals surface area contributed by atoms with Gasteiger partial charge in [0.25, 0.3) is 15.9 Å². The highest BCUT2D eigenvalue weighted by atomic mass is 32.2. The van der Waals surface area contributed by atoms with Gasteiger partial charge in [0.15, 0.2) is 5.75 Å². The Hall–Kier alpha value is -4.03. The second kappa shape index (κ2) is 12.9. The quantitative estimate of drug-likeness (QED) is 0.338. The molecule has 3 N–H and O–H groups in total.